The molecule has 1 N–H and O–H groups in total. The van der Waals surface area contributed by atoms with Crippen LogP contribution < -0.4 is 5.32 Å². The van der Waals surface area contributed by atoms with Crippen molar-refractivity contribution in [3.05, 3.63) is 29.3 Å². The van der Waals surface area contributed by atoms with Gasteiger partial charge in [-0.2, -0.15) is 13.2 Å². The van der Waals surface area contributed by atoms with Gasteiger partial charge in [-0.3, -0.25) is 0 Å². The number of rotatable bonds is 2. The highest BCUT2D eigenvalue weighted by molar-refractivity contribution is 5.68. The summed E-state index contributed by atoms with van der Waals surface area (Å²) in [5.41, 5.74) is -0.109. The average molecular weight is 358 g/mol. The minimum absolute atomic E-state index is 0.00640. The number of amides is 1. The third kappa shape index (κ3) is 5.28. The molecule has 140 valence electrons. The molecule has 1 fully saturated rings. The summed E-state index contributed by atoms with van der Waals surface area (Å²) in [5.74, 6) is -0.00640. The van der Waals surface area contributed by atoms with Crippen LogP contribution in [0.2, 0.25) is 0 Å². The van der Waals surface area contributed by atoms with Crippen LogP contribution in [-0.4, -0.2) is 36.7 Å². The van der Waals surface area contributed by atoms with E-state index >= 15 is 0 Å². The highest BCUT2D eigenvalue weighted by Gasteiger charge is 2.33. The van der Waals surface area contributed by atoms with E-state index in [9.17, 15) is 18.0 Å². The van der Waals surface area contributed by atoms with Crippen molar-refractivity contribution >= 4 is 11.8 Å². The molecule has 1 amide bonds. The molecule has 1 heterocycles. The molecule has 0 bridgehead atoms. The van der Waals surface area contributed by atoms with Crippen molar-refractivity contribution in [1.29, 1.82) is 0 Å². The number of piperidine rings is 1. The maximum absolute atomic E-state index is 13.1. The van der Waals surface area contributed by atoms with Gasteiger partial charge in [0, 0.05) is 25.8 Å². The van der Waals surface area contributed by atoms with Crippen LogP contribution in [0.1, 0.15) is 50.7 Å². The third-order valence-electron chi connectivity index (χ3n) is 4.19. The Labute approximate surface area is 146 Å². The fraction of sp³-hybridized carbons (Fsp3) is 0.611. The molecular formula is C18H25F3N2O2. The largest absolute Gasteiger partial charge is 0.444 e. The molecule has 0 spiro atoms. The number of carbonyl (C=O) groups excluding carboxylic acids is 1. The van der Waals surface area contributed by atoms with E-state index in [1.54, 1.807) is 38.8 Å². The van der Waals surface area contributed by atoms with E-state index in [1.807, 2.05) is 0 Å². The van der Waals surface area contributed by atoms with Crippen LogP contribution in [0.3, 0.4) is 0 Å². The Morgan fingerprint density at radius 3 is 2.24 bits per heavy atom. The van der Waals surface area contributed by atoms with Crippen molar-refractivity contribution in [2.24, 2.45) is 0 Å². The zero-order valence-corrected chi connectivity index (χ0v) is 15.0. The monoisotopic (exact) mass is 358 g/mol. The number of alkyl halides is 3. The lowest BCUT2D eigenvalue weighted by Crippen LogP contribution is -2.41. The highest BCUT2D eigenvalue weighted by Crippen LogP contribution is 2.36. The van der Waals surface area contributed by atoms with Gasteiger partial charge in [-0.1, -0.05) is 0 Å². The van der Waals surface area contributed by atoms with Crippen molar-refractivity contribution in [3.63, 3.8) is 0 Å². The number of halogens is 3. The van der Waals surface area contributed by atoms with Crippen LogP contribution in [0, 0.1) is 0 Å². The van der Waals surface area contributed by atoms with Crippen LogP contribution >= 0.6 is 0 Å². The molecular weight excluding hydrogens is 333 g/mol. The minimum atomic E-state index is -4.38. The molecule has 0 radical (unpaired) electrons. The zero-order chi connectivity index (χ0) is 18.8. The Morgan fingerprint density at radius 2 is 1.76 bits per heavy atom. The summed E-state index contributed by atoms with van der Waals surface area (Å²) < 4.78 is 44.6. The van der Waals surface area contributed by atoms with E-state index in [0.717, 1.165) is 6.07 Å². The summed E-state index contributed by atoms with van der Waals surface area (Å²) in [4.78, 5) is 13.7. The van der Waals surface area contributed by atoms with E-state index < -0.39 is 17.3 Å². The first kappa shape index (κ1) is 19.4. The Hall–Kier alpha value is -1.92. The lowest BCUT2D eigenvalue weighted by molar-refractivity contribution is -0.137. The molecule has 1 aliphatic rings. The van der Waals surface area contributed by atoms with Gasteiger partial charge < -0.3 is 15.0 Å². The van der Waals surface area contributed by atoms with Gasteiger partial charge in [0.2, 0.25) is 0 Å². The molecule has 1 aliphatic heterocycles. The van der Waals surface area contributed by atoms with Gasteiger partial charge in [0.05, 0.1) is 5.56 Å². The molecule has 1 aromatic rings. The fourth-order valence-corrected chi connectivity index (χ4v) is 2.92. The van der Waals surface area contributed by atoms with Gasteiger partial charge in [0.15, 0.2) is 0 Å². The molecule has 0 aliphatic carbocycles. The maximum atomic E-state index is 13.1. The molecule has 4 nitrogen and oxygen atoms in total. The van der Waals surface area contributed by atoms with E-state index in [-0.39, 0.29) is 12.0 Å². The normalized spacial score (nSPS) is 16.7. The Balaban J connectivity index is 2.09. The summed E-state index contributed by atoms with van der Waals surface area (Å²) in [6.45, 7) is 6.37. The van der Waals surface area contributed by atoms with Crippen molar-refractivity contribution in [2.75, 3.05) is 25.5 Å². The standard InChI is InChI=1S/C18H25F3N2O2/c1-17(2,3)25-16(24)23-7-5-12(6-8-23)13-9-14(18(19,20)21)11-15(10-13)22-4/h9-12,22H,5-8H2,1-4H3. The van der Waals surface area contributed by atoms with Crippen LogP contribution in [0.5, 0.6) is 0 Å². The first-order valence-corrected chi connectivity index (χ1v) is 8.37. The smallest absolute Gasteiger partial charge is 0.416 e. The van der Waals surface area contributed by atoms with Crippen LogP contribution in [0.25, 0.3) is 0 Å². The molecule has 25 heavy (non-hydrogen) atoms. The predicted molar refractivity (Wildman–Crippen MR) is 90.8 cm³/mol. The SMILES string of the molecule is CNc1cc(C2CCN(C(=O)OC(C)(C)C)CC2)cc(C(F)(F)F)c1. The Bertz CT molecular complexity index is 616. The zero-order valence-electron chi connectivity index (χ0n) is 15.0. The molecule has 2 rings (SSSR count). The topological polar surface area (TPSA) is 41.6 Å². The number of ether oxygens (including phenoxy) is 1. The Morgan fingerprint density at radius 1 is 1.16 bits per heavy atom. The van der Waals surface area contributed by atoms with Gasteiger partial charge >= 0.3 is 12.3 Å². The van der Waals surface area contributed by atoms with Crippen LogP contribution in [0.15, 0.2) is 18.2 Å². The van der Waals surface area contributed by atoms with Gasteiger partial charge in [-0.15, -0.1) is 0 Å². The second-order valence-electron chi connectivity index (χ2n) is 7.33. The fourth-order valence-electron chi connectivity index (χ4n) is 2.92. The summed E-state index contributed by atoms with van der Waals surface area (Å²) in [7, 11) is 1.60. The van der Waals surface area contributed by atoms with E-state index in [4.69, 9.17) is 4.74 Å². The number of hydrogen-bond acceptors (Lipinski definition) is 3. The quantitative estimate of drug-likeness (QED) is 0.821. The van der Waals surface area contributed by atoms with Crippen molar-refractivity contribution < 1.29 is 22.7 Å². The number of anilines is 1. The molecule has 7 heteroatoms. The highest BCUT2D eigenvalue weighted by atomic mass is 19.4. The van der Waals surface area contributed by atoms with E-state index in [1.165, 1.54) is 6.07 Å². The van der Waals surface area contributed by atoms with Gasteiger partial charge in [0.1, 0.15) is 5.60 Å². The van der Waals surface area contributed by atoms with Gasteiger partial charge in [-0.25, -0.2) is 4.79 Å². The number of likely N-dealkylation sites (tertiary alicyclic amines) is 1. The molecule has 1 aromatic carbocycles. The van der Waals surface area contributed by atoms with Crippen LogP contribution in [-0.2, 0) is 10.9 Å². The lowest BCUT2D eigenvalue weighted by Gasteiger charge is -2.34. The first-order valence-electron chi connectivity index (χ1n) is 8.37. The minimum Gasteiger partial charge on any atom is -0.444 e. The number of hydrogen-bond donors (Lipinski definition) is 1. The number of nitrogens with zero attached hydrogens (tertiary/aromatic N) is 1. The second kappa shape index (κ2) is 7.14. The number of benzene rings is 1. The first-order chi connectivity index (χ1) is 11.5. The third-order valence-corrected chi connectivity index (χ3v) is 4.19. The predicted octanol–water partition coefficient (Wildman–Crippen LogP) is 4.86. The van der Waals surface area contributed by atoms with E-state index in [2.05, 4.69) is 5.32 Å². The molecule has 1 saturated heterocycles. The molecule has 0 saturated carbocycles. The Kier molecular flexibility index (Phi) is 5.54. The molecule has 0 unspecified atom stereocenters. The average Bonchev–Trinajstić information content (AvgIpc) is 2.52. The van der Waals surface area contributed by atoms with E-state index in [0.29, 0.717) is 37.2 Å². The summed E-state index contributed by atoms with van der Waals surface area (Å²) in [5, 5.41) is 2.79. The van der Waals surface area contributed by atoms with Crippen molar-refractivity contribution in [1.82, 2.24) is 4.90 Å². The van der Waals surface area contributed by atoms with Gasteiger partial charge in [-0.05, 0) is 63.3 Å². The summed E-state index contributed by atoms with van der Waals surface area (Å²) in [6.07, 6.45) is -3.52. The lowest BCUT2D eigenvalue weighted by atomic mass is 9.88. The van der Waals surface area contributed by atoms with Gasteiger partial charge in [0.25, 0.3) is 0 Å². The van der Waals surface area contributed by atoms with Crippen molar-refractivity contribution in [2.45, 2.75) is 51.3 Å². The molecule has 0 atom stereocenters. The maximum Gasteiger partial charge on any atom is 0.416 e. The summed E-state index contributed by atoms with van der Waals surface area (Å²) >= 11 is 0. The second-order valence-corrected chi connectivity index (χ2v) is 7.33. The number of nitrogens with one attached hydrogen (secondary N) is 1. The molecule has 0 aromatic heterocycles. The summed E-state index contributed by atoms with van der Waals surface area (Å²) in [6, 6.07) is 4.08. The van der Waals surface area contributed by atoms with Crippen LogP contribution in [0.4, 0.5) is 23.7 Å². The number of carbonyl (C=O) groups is 1. The van der Waals surface area contributed by atoms with Crippen molar-refractivity contribution in [3.8, 4) is 0 Å².